The second kappa shape index (κ2) is 7.12. The molecule has 0 aliphatic heterocycles. The van der Waals surface area contributed by atoms with Crippen LogP contribution >= 0.6 is 0 Å². The van der Waals surface area contributed by atoms with Gasteiger partial charge in [0.15, 0.2) is 11.6 Å². The van der Waals surface area contributed by atoms with Crippen LogP contribution in [-0.4, -0.2) is 27.0 Å². The van der Waals surface area contributed by atoms with E-state index in [9.17, 15) is 19.2 Å². The van der Waals surface area contributed by atoms with Crippen LogP contribution in [0.25, 0.3) is 0 Å². The Morgan fingerprint density at radius 2 is 1.65 bits per heavy atom. The molecule has 2 aliphatic rings. The van der Waals surface area contributed by atoms with E-state index in [2.05, 4.69) is 10.3 Å². The van der Waals surface area contributed by atoms with Crippen LogP contribution < -0.4 is 10.9 Å². The van der Waals surface area contributed by atoms with E-state index >= 15 is 0 Å². The zero-order chi connectivity index (χ0) is 21.7. The molecular formula is C24H19N3O4. The smallest absolute Gasteiger partial charge is 0.257 e. The first-order valence-corrected chi connectivity index (χ1v) is 10.2. The number of nitrogens with one attached hydrogen (secondary N) is 1. The van der Waals surface area contributed by atoms with Gasteiger partial charge in [0.05, 0.1) is 5.69 Å². The summed E-state index contributed by atoms with van der Waals surface area (Å²) >= 11 is 0. The molecule has 3 aromatic rings. The van der Waals surface area contributed by atoms with Gasteiger partial charge in [-0.25, -0.2) is 4.98 Å². The van der Waals surface area contributed by atoms with Crippen LogP contribution in [0.4, 0.5) is 5.69 Å². The maximum absolute atomic E-state index is 12.9. The Morgan fingerprint density at radius 1 is 0.968 bits per heavy atom. The molecule has 0 saturated carbocycles. The first-order chi connectivity index (χ1) is 14.9. The number of fused-ring (bicyclic) bond motifs is 3. The molecule has 0 fully saturated rings. The van der Waals surface area contributed by atoms with Crippen LogP contribution in [0.15, 0.2) is 47.3 Å². The van der Waals surface area contributed by atoms with Crippen molar-refractivity contribution in [2.24, 2.45) is 0 Å². The molecule has 0 atom stereocenters. The van der Waals surface area contributed by atoms with Gasteiger partial charge in [0.25, 0.3) is 5.56 Å². The Labute approximate surface area is 177 Å². The summed E-state index contributed by atoms with van der Waals surface area (Å²) in [6.45, 7) is 1.55. The van der Waals surface area contributed by atoms with Gasteiger partial charge in [-0.3, -0.25) is 23.7 Å². The first kappa shape index (κ1) is 19.1. The van der Waals surface area contributed by atoms with Gasteiger partial charge in [-0.15, -0.1) is 0 Å². The second-order valence-electron chi connectivity index (χ2n) is 7.84. The largest absolute Gasteiger partial charge is 0.325 e. The number of carbonyl (C=O) groups is 3. The Morgan fingerprint density at radius 3 is 2.39 bits per heavy atom. The Bertz CT molecular complexity index is 1350. The maximum Gasteiger partial charge on any atom is 0.257 e. The van der Waals surface area contributed by atoms with E-state index in [1.54, 1.807) is 43.3 Å². The minimum absolute atomic E-state index is 0.169. The van der Waals surface area contributed by atoms with Gasteiger partial charge < -0.3 is 5.32 Å². The van der Waals surface area contributed by atoms with Gasteiger partial charge in [-0.05, 0) is 44.4 Å². The molecule has 0 bridgehead atoms. The van der Waals surface area contributed by atoms with Crippen LogP contribution in [0.3, 0.4) is 0 Å². The molecule has 1 N–H and O–H groups in total. The molecule has 0 saturated heterocycles. The molecule has 31 heavy (non-hydrogen) atoms. The zero-order valence-electron chi connectivity index (χ0n) is 16.9. The standard InChI is InChI=1S/C24H19N3O4/c1-13-25-20-8-4-7-18(20)24(31)27(13)12-21(28)26-14-9-10-17-19(11-14)23(30)16-6-3-2-5-15(16)22(17)29/h2-3,5-6,9-11H,4,7-8,12H2,1H3,(H,26,28). The summed E-state index contributed by atoms with van der Waals surface area (Å²) < 4.78 is 1.38. The van der Waals surface area contributed by atoms with Crippen molar-refractivity contribution in [2.45, 2.75) is 32.7 Å². The summed E-state index contributed by atoms with van der Waals surface area (Å²) in [5.74, 6) is -0.367. The van der Waals surface area contributed by atoms with Crippen molar-refractivity contribution < 1.29 is 14.4 Å². The second-order valence-corrected chi connectivity index (χ2v) is 7.84. The van der Waals surface area contributed by atoms with Crippen molar-refractivity contribution in [3.63, 3.8) is 0 Å². The van der Waals surface area contributed by atoms with E-state index in [4.69, 9.17) is 0 Å². The lowest BCUT2D eigenvalue weighted by Gasteiger charge is -2.18. The fraction of sp³-hybridized carbons (Fsp3) is 0.208. The number of nitrogens with zero attached hydrogens (tertiary/aromatic N) is 2. The van der Waals surface area contributed by atoms with E-state index < -0.39 is 5.91 Å². The molecule has 0 spiro atoms. The van der Waals surface area contributed by atoms with Crippen LogP contribution in [-0.2, 0) is 24.2 Å². The molecule has 154 valence electrons. The first-order valence-electron chi connectivity index (χ1n) is 10.2. The van der Waals surface area contributed by atoms with Gasteiger partial charge in [0, 0.05) is 33.5 Å². The highest BCUT2D eigenvalue weighted by Crippen LogP contribution is 2.29. The lowest BCUT2D eigenvalue weighted by molar-refractivity contribution is -0.116. The molecule has 1 heterocycles. The fourth-order valence-electron chi connectivity index (χ4n) is 4.35. The van der Waals surface area contributed by atoms with Gasteiger partial charge in [-0.1, -0.05) is 24.3 Å². The zero-order valence-corrected chi connectivity index (χ0v) is 16.9. The quantitative estimate of drug-likeness (QED) is 0.556. The highest BCUT2D eigenvalue weighted by Gasteiger charge is 2.29. The van der Waals surface area contributed by atoms with Crippen molar-refractivity contribution in [1.29, 1.82) is 0 Å². The number of hydrogen-bond donors (Lipinski definition) is 1. The van der Waals surface area contributed by atoms with Crippen molar-refractivity contribution in [2.75, 3.05) is 5.32 Å². The average molecular weight is 413 g/mol. The number of aromatic nitrogens is 2. The topological polar surface area (TPSA) is 98.1 Å². The van der Waals surface area contributed by atoms with Crippen molar-refractivity contribution in [3.8, 4) is 0 Å². The number of ketones is 2. The number of benzene rings is 2. The maximum atomic E-state index is 12.9. The highest BCUT2D eigenvalue weighted by molar-refractivity contribution is 6.28. The molecule has 0 radical (unpaired) electrons. The fourth-order valence-corrected chi connectivity index (χ4v) is 4.35. The van der Waals surface area contributed by atoms with E-state index in [-0.39, 0.29) is 29.2 Å². The molecule has 2 aromatic carbocycles. The van der Waals surface area contributed by atoms with Gasteiger partial charge in [0.1, 0.15) is 12.4 Å². The number of amides is 1. The molecule has 1 amide bonds. The third-order valence-corrected chi connectivity index (χ3v) is 5.89. The summed E-state index contributed by atoms with van der Waals surface area (Å²) in [6.07, 6.45) is 2.38. The molecule has 1 aromatic heterocycles. The lowest BCUT2D eigenvalue weighted by Crippen LogP contribution is -2.32. The molecule has 7 heteroatoms. The van der Waals surface area contributed by atoms with E-state index in [0.29, 0.717) is 40.2 Å². The summed E-state index contributed by atoms with van der Waals surface area (Å²) in [5.41, 5.74) is 3.06. The summed E-state index contributed by atoms with van der Waals surface area (Å²) in [5, 5.41) is 2.73. The summed E-state index contributed by atoms with van der Waals surface area (Å²) in [7, 11) is 0. The molecule has 2 aliphatic carbocycles. The van der Waals surface area contributed by atoms with E-state index in [1.165, 1.54) is 10.6 Å². The van der Waals surface area contributed by atoms with Crippen LogP contribution in [0.2, 0.25) is 0 Å². The predicted molar refractivity (Wildman–Crippen MR) is 114 cm³/mol. The van der Waals surface area contributed by atoms with E-state index in [0.717, 1.165) is 18.5 Å². The van der Waals surface area contributed by atoms with Crippen molar-refractivity contribution in [1.82, 2.24) is 9.55 Å². The molecule has 7 nitrogen and oxygen atoms in total. The van der Waals surface area contributed by atoms with Crippen molar-refractivity contribution in [3.05, 3.63) is 92.2 Å². The Kier molecular flexibility index (Phi) is 4.39. The summed E-state index contributed by atoms with van der Waals surface area (Å²) in [4.78, 5) is 55.4. The third kappa shape index (κ3) is 3.09. The summed E-state index contributed by atoms with van der Waals surface area (Å²) in [6, 6.07) is 11.4. The lowest BCUT2D eigenvalue weighted by atomic mass is 9.84. The Hall–Kier alpha value is -3.87. The van der Waals surface area contributed by atoms with Crippen LogP contribution in [0, 0.1) is 6.92 Å². The number of rotatable bonds is 3. The average Bonchev–Trinajstić information content (AvgIpc) is 3.23. The van der Waals surface area contributed by atoms with Crippen molar-refractivity contribution >= 4 is 23.2 Å². The van der Waals surface area contributed by atoms with E-state index in [1.807, 2.05) is 0 Å². The molecule has 5 rings (SSSR count). The Balaban J connectivity index is 1.41. The van der Waals surface area contributed by atoms with Gasteiger partial charge >= 0.3 is 0 Å². The molecule has 0 unspecified atom stereocenters. The number of carbonyl (C=O) groups excluding carboxylic acids is 3. The SMILES string of the molecule is Cc1nc2c(c(=O)n1CC(=O)Nc1ccc3c(c1)C(=O)c1ccccc1C3=O)CCC2. The minimum Gasteiger partial charge on any atom is -0.325 e. The van der Waals surface area contributed by atoms with Gasteiger partial charge in [-0.2, -0.15) is 0 Å². The number of aryl methyl sites for hydroxylation is 2. The monoisotopic (exact) mass is 413 g/mol. The number of hydrogen-bond acceptors (Lipinski definition) is 5. The highest BCUT2D eigenvalue weighted by atomic mass is 16.2. The minimum atomic E-state index is -0.403. The third-order valence-electron chi connectivity index (χ3n) is 5.89. The molecular weight excluding hydrogens is 394 g/mol. The normalized spacial score (nSPS) is 14.1. The van der Waals surface area contributed by atoms with Crippen LogP contribution in [0.5, 0.6) is 0 Å². The predicted octanol–water partition coefficient (Wildman–Crippen LogP) is 2.45. The number of anilines is 1. The van der Waals surface area contributed by atoms with Gasteiger partial charge in [0.2, 0.25) is 5.91 Å². The van der Waals surface area contributed by atoms with Crippen LogP contribution in [0.1, 0.15) is 55.3 Å².